The number of pyridine rings is 1. The molecule has 1 aromatic heterocycles. The highest BCUT2D eigenvalue weighted by atomic mass is 16.3. The fraction of sp³-hybridized carbons (Fsp3) is 0.545. The van der Waals surface area contributed by atoms with Crippen molar-refractivity contribution in [2.24, 2.45) is 0 Å². The van der Waals surface area contributed by atoms with Gasteiger partial charge in [0.1, 0.15) is 5.60 Å². The van der Waals surface area contributed by atoms with Crippen LogP contribution >= 0.6 is 0 Å². The lowest BCUT2D eigenvalue weighted by Crippen LogP contribution is -2.29. The van der Waals surface area contributed by atoms with Crippen LogP contribution in [0.3, 0.4) is 0 Å². The van der Waals surface area contributed by atoms with Gasteiger partial charge in [-0.05, 0) is 31.9 Å². The van der Waals surface area contributed by atoms with Gasteiger partial charge in [-0.15, -0.1) is 0 Å². The van der Waals surface area contributed by atoms with Crippen LogP contribution in [-0.4, -0.2) is 21.8 Å². The van der Waals surface area contributed by atoms with Crippen molar-refractivity contribution in [3.05, 3.63) is 29.1 Å². The first-order valence-corrected chi connectivity index (χ1v) is 4.81. The third-order valence-corrected chi connectivity index (χ3v) is 2.32. The largest absolute Gasteiger partial charge is 0.393 e. The molecule has 1 rings (SSSR count). The molecule has 0 saturated carbocycles. The summed E-state index contributed by atoms with van der Waals surface area (Å²) >= 11 is 0. The standard InChI is InChI=1S/C11H17NO2/c1-4-9-6-5-8(2)12-10(9)11(3,14)7-13/h5-6,13-14H,4,7H2,1-3H3. The molecule has 1 heterocycles. The minimum atomic E-state index is -1.24. The lowest BCUT2D eigenvalue weighted by molar-refractivity contribution is -0.00667. The van der Waals surface area contributed by atoms with Crippen molar-refractivity contribution >= 4 is 0 Å². The van der Waals surface area contributed by atoms with Crippen molar-refractivity contribution in [2.45, 2.75) is 32.8 Å². The van der Waals surface area contributed by atoms with E-state index in [1.165, 1.54) is 0 Å². The van der Waals surface area contributed by atoms with E-state index in [0.717, 1.165) is 17.7 Å². The number of aliphatic hydroxyl groups excluding tert-OH is 1. The van der Waals surface area contributed by atoms with Gasteiger partial charge in [0.15, 0.2) is 0 Å². The summed E-state index contributed by atoms with van der Waals surface area (Å²) in [6, 6.07) is 3.86. The first-order valence-electron chi connectivity index (χ1n) is 4.81. The molecular weight excluding hydrogens is 178 g/mol. The quantitative estimate of drug-likeness (QED) is 0.760. The zero-order chi connectivity index (χ0) is 10.8. The number of aromatic nitrogens is 1. The SMILES string of the molecule is CCc1ccc(C)nc1C(C)(O)CO. The minimum absolute atomic E-state index is 0.309. The Morgan fingerprint density at radius 2 is 2.07 bits per heavy atom. The second-order valence-electron chi connectivity index (χ2n) is 3.75. The molecule has 0 radical (unpaired) electrons. The van der Waals surface area contributed by atoms with Gasteiger partial charge in [-0.2, -0.15) is 0 Å². The van der Waals surface area contributed by atoms with Crippen LogP contribution < -0.4 is 0 Å². The lowest BCUT2D eigenvalue weighted by Gasteiger charge is -2.22. The molecule has 3 heteroatoms. The fourth-order valence-corrected chi connectivity index (χ4v) is 1.41. The molecule has 0 saturated heterocycles. The molecular formula is C11H17NO2. The van der Waals surface area contributed by atoms with Gasteiger partial charge in [0, 0.05) is 5.69 Å². The van der Waals surface area contributed by atoms with Crippen molar-refractivity contribution in [1.82, 2.24) is 4.98 Å². The molecule has 1 unspecified atom stereocenters. The number of aliphatic hydroxyl groups is 2. The van der Waals surface area contributed by atoms with Crippen molar-refractivity contribution in [2.75, 3.05) is 6.61 Å². The van der Waals surface area contributed by atoms with Crippen LogP contribution in [0.15, 0.2) is 12.1 Å². The Bertz CT molecular complexity index is 321. The number of aryl methyl sites for hydroxylation is 2. The van der Waals surface area contributed by atoms with Gasteiger partial charge in [-0.3, -0.25) is 4.98 Å². The van der Waals surface area contributed by atoms with E-state index in [-0.39, 0.29) is 6.61 Å². The first kappa shape index (κ1) is 11.1. The molecule has 0 spiro atoms. The van der Waals surface area contributed by atoms with E-state index in [0.29, 0.717) is 5.69 Å². The molecule has 78 valence electrons. The third-order valence-electron chi connectivity index (χ3n) is 2.32. The molecule has 0 fully saturated rings. The Morgan fingerprint density at radius 1 is 1.43 bits per heavy atom. The van der Waals surface area contributed by atoms with E-state index in [4.69, 9.17) is 5.11 Å². The summed E-state index contributed by atoms with van der Waals surface area (Å²) in [5.41, 5.74) is 1.18. The molecule has 0 amide bonds. The van der Waals surface area contributed by atoms with E-state index < -0.39 is 5.60 Å². The van der Waals surface area contributed by atoms with Gasteiger partial charge < -0.3 is 10.2 Å². The highest BCUT2D eigenvalue weighted by molar-refractivity contribution is 5.27. The highest BCUT2D eigenvalue weighted by Gasteiger charge is 2.26. The average molecular weight is 195 g/mol. The zero-order valence-electron chi connectivity index (χ0n) is 8.91. The van der Waals surface area contributed by atoms with Gasteiger partial charge in [-0.1, -0.05) is 13.0 Å². The van der Waals surface area contributed by atoms with Crippen molar-refractivity contribution in [3.8, 4) is 0 Å². The van der Waals surface area contributed by atoms with Crippen molar-refractivity contribution < 1.29 is 10.2 Å². The van der Waals surface area contributed by atoms with E-state index >= 15 is 0 Å². The molecule has 0 aliphatic carbocycles. The van der Waals surface area contributed by atoms with Gasteiger partial charge in [0.05, 0.1) is 12.3 Å². The number of hydrogen-bond acceptors (Lipinski definition) is 3. The summed E-state index contributed by atoms with van der Waals surface area (Å²) in [7, 11) is 0. The smallest absolute Gasteiger partial charge is 0.127 e. The van der Waals surface area contributed by atoms with E-state index in [1.807, 2.05) is 26.0 Å². The molecule has 14 heavy (non-hydrogen) atoms. The molecule has 0 bridgehead atoms. The summed E-state index contributed by atoms with van der Waals surface area (Å²) < 4.78 is 0. The predicted octanol–water partition coefficient (Wildman–Crippen LogP) is 1.15. The maximum atomic E-state index is 9.92. The lowest BCUT2D eigenvalue weighted by atomic mass is 9.96. The Kier molecular flexibility index (Phi) is 3.24. The van der Waals surface area contributed by atoms with Crippen LogP contribution in [0.5, 0.6) is 0 Å². The molecule has 2 N–H and O–H groups in total. The summed E-state index contributed by atoms with van der Waals surface area (Å²) in [4.78, 5) is 4.28. The molecule has 0 aliphatic rings. The molecule has 1 aromatic rings. The predicted molar refractivity (Wildman–Crippen MR) is 55.0 cm³/mol. The van der Waals surface area contributed by atoms with Crippen LogP contribution in [-0.2, 0) is 12.0 Å². The zero-order valence-corrected chi connectivity index (χ0v) is 8.91. The maximum absolute atomic E-state index is 9.92. The number of rotatable bonds is 3. The first-order chi connectivity index (χ1) is 6.51. The maximum Gasteiger partial charge on any atom is 0.127 e. The summed E-state index contributed by atoms with van der Waals surface area (Å²) in [5, 5.41) is 19.0. The van der Waals surface area contributed by atoms with Crippen LogP contribution in [0, 0.1) is 6.92 Å². The van der Waals surface area contributed by atoms with Gasteiger partial charge >= 0.3 is 0 Å². The summed E-state index contributed by atoms with van der Waals surface area (Å²) in [6.07, 6.45) is 0.804. The molecule has 0 aliphatic heterocycles. The third kappa shape index (κ3) is 2.11. The molecule has 3 nitrogen and oxygen atoms in total. The Labute approximate surface area is 84.4 Å². The summed E-state index contributed by atoms with van der Waals surface area (Å²) in [5.74, 6) is 0. The monoisotopic (exact) mass is 195 g/mol. The van der Waals surface area contributed by atoms with Crippen LogP contribution in [0.4, 0.5) is 0 Å². The second kappa shape index (κ2) is 4.07. The Hall–Kier alpha value is -0.930. The normalized spacial score (nSPS) is 15.2. The Morgan fingerprint density at radius 3 is 2.57 bits per heavy atom. The Balaban J connectivity index is 3.23. The van der Waals surface area contributed by atoms with E-state index in [2.05, 4.69) is 4.98 Å². The van der Waals surface area contributed by atoms with Crippen molar-refractivity contribution in [3.63, 3.8) is 0 Å². The molecule has 1 atom stereocenters. The van der Waals surface area contributed by atoms with Gasteiger partial charge in [0.25, 0.3) is 0 Å². The average Bonchev–Trinajstić information content (AvgIpc) is 2.18. The van der Waals surface area contributed by atoms with Gasteiger partial charge in [0.2, 0.25) is 0 Å². The van der Waals surface area contributed by atoms with Crippen LogP contribution in [0.25, 0.3) is 0 Å². The van der Waals surface area contributed by atoms with Crippen LogP contribution in [0.1, 0.15) is 30.8 Å². The second-order valence-corrected chi connectivity index (χ2v) is 3.75. The minimum Gasteiger partial charge on any atom is -0.393 e. The van der Waals surface area contributed by atoms with E-state index in [1.54, 1.807) is 6.92 Å². The number of nitrogens with zero attached hydrogens (tertiary/aromatic N) is 1. The van der Waals surface area contributed by atoms with Gasteiger partial charge in [-0.25, -0.2) is 0 Å². The topological polar surface area (TPSA) is 53.4 Å². The number of hydrogen-bond donors (Lipinski definition) is 2. The van der Waals surface area contributed by atoms with Crippen molar-refractivity contribution in [1.29, 1.82) is 0 Å². The summed E-state index contributed by atoms with van der Waals surface area (Å²) in [6.45, 7) is 5.14. The van der Waals surface area contributed by atoms with Crippen LogP contribution in [0.2, 0.25) is 0 Å². The fourth-order valence-electron chi connectivity index (χ4n) is 1.41. The van der Waals surface area contributed by atoms with E-state index in [9.17, 15) is 5.11 Å². The highest BCUT2D eigenvalue weighted by Crippen LogP contribution is 2.22. The molecule has 0 aromatic carbocycles.